The lowest BCUT2D eigenvalue weighted by Gasteiger charge is -2.05. The largest absolute Gasteiger partial charge is 0.380 e. The molecule has 0 bridgehead atoms. The Hall–Kier alpha value is -3.42. The summed E-state index contributed by atoms with van der Waals surface area (Å²) in [4.78, 5) is 30.1. The fraction of sp³-hybridized carbons (Fsp3) is 0.160. The highest BCUT2D eigenvalue weighted by Gasteiger charge is 2.12. The molecule has 162 valence electrons. The van der Waals surface area contributed by atoms with Crippen LogP contribution in [-0.2, 0) is 11.3 Å². The second-order valence-electron chi connectivity index (χ2n) is 7.03. The molecule has 1 heterocycles. The third kappa shape index (κ3) is 4.74. The van der Waals surface area contributed by atoms with Crippen molar-refractivity contribution in [2.45, 2.75) is 13.5 Å². The van der Waals surface area contributed by atoms with E-state index in [1.807, 2.05) is 29.7 Å². The second-order valence-corrected chi connectivity index (χ2v) is 8.04. The van der Waals surface area contributed by atoms with Gasteiger partial charge in [-0.15, -0.1) is 0 Å². The van der Waals surface area contributed by atoms with E-state index >= 15 is 0 Å². The average Bonchev–Trinajstić information content (AvgIpc) is 3.15. The van der Waals surface area contributed by atoms with Gasteiger partial charge in [-0.25, -0.2) is 4.39 Å². The van der Waals surface area contributed by atoms with Gasteiger partial charge >= 0.3 is 0 Å². The van der Waals surface area contributed by atoms with E-state index in [0.717, 1.165) is 5.52 Å². The summed E-state index contributed by atoms with van der Waals surface area (Å²) >= 11 is 1.25. The lowest BCUT2D eigenvalue weighted by atomic mass is 10.0. The third-order valence-corrected chi connectivity index (χ3v) is 5.98. The first-order valence-electron chi connectivity index (χ1n) is 10.2. The molecular formula is C25H21FN2O3S. The van der Waals surface area contributed by atoms with E-state index in [4.69, 9.17) is 4.74 Å². The van der Waals surface area contributed by atoms with Crippen molar-refractivity contribution in [3.8, 4) is 0 Å². The molecule has 0 saturated carbocycles. The number of carbonyl (C=O) groups is 2. The number of fused-ring (bicyclic) bond motifs is 1. The molecule has 0 aliphatic carbocycles. The summed E-state index contributed by atoms with van der Waals surface area (Å²) in [7, 11) is 0. The number of hydrogen-bond donors (Lipinski definition) is 0. The number of amides is 1. The van der Waals surface area contributed by atoms with E-state index < -0.39 is 5.91 Å². The molecule has 4 aromatic rings. The number of halogens is 1. The van der Waals surface area contributed by atoms with Crippen molar-refractivity contribution in [1.29, 1.82) is 0 Å². The zero-order valence-electron chi connectivity index (χ0n) is 17.5. The highest BCUT2D eigenvalue weighted by molar-refractivity contribution is 7.16. The lowest BCUT2D eigenvalue weighted by molar-refractivity contribution is 0.0993. The Labute approximate surface area is 188 Å². The first kappa shape index (κ1) is 21.8. The predicted octanol–water partition coefficient (Wildman–Crippen LogP) is 4.85. The second kappa shape index (κ2) is 9.80. The minimum atomic E-state index is -0.430. The van der Waals surface area contributed by atoms with Crippen LogP contribution in [0.1, 0.15) is 33.2 Å². The zero-order valence-corrected chi connectivity index (χ0v) is 18.3. The Morgan fingerprint density at radius 3 is 2.38 bits per heavy atom. The minimum Gasteiger partial charge on any atom is -0.380 e. The molecule has 7 heteroatoms. The van der Waals surface area contributed by atoms with Gasteiger partial charge in [0.1, 0.15) is 5.82 Å². The Kier molecular flexibility index (Phi) is 6.68. The van der Waals surface area contributed by atoms with Gasteiger partial charge in [0, 0.05) is 29.8 Å². The maximum absolute atomic E-state index is 13.7. The summed E-state index contributed by atoms with van der Waals surface area (Å²) in [5, 5.41) is 0. The summed E-state index contributed by atoms with van der Waals surface area (Å²) in [6.07, 6.45) is 0. The summed E-state index contributed by atoms with van der Waals surface area (Å²) in [5.41, 5.74) is 2.25. The Morgan fingerprint density at radius 1 is 0.969 bits per heavy atom. The molecule has 0 atom stereocenters. The summed E-state index contributed by atoms with van der Waals surface area (Å²) in [6.45, 7) is 3.44. The molecule has 0 aliphatic rings. The monoisotopic (exact) mass is 448 g/mol. The van der Waals surface area contributed by atoms with E-state index in [2.05, 4.69) is 4.99 Å². The van der Waals surface area contributed by atoms with Gasteiger partial charge in [0.25, 0.3) is 5.91 Å². The molecule has 0 aliphatic heterocycles. The van der Waals surface area contributed by atoms with Gasteiger partial charge in [-0.3, -0.25) is 9.59 Å². The highest BCUT2D eigenvalue weighted by atomic mass is 32.1. The van der Waals surface area contributed by atoms with Crippen LogP contribution < -0.4 is 4.80 Å². The van der Waals surface area contributed by atoms with Crippen LogP contribution in [0.3, 0.4) is 0 Å². The Bertz CT molecular complexity index is 1330. The number of hydrogen-bond acceptors (Lipinski definition) is 4. The Balaban J connectivity index is 1.64. The SMILES string of the molecule is CCOCCn1c(=NC(=O)c2ccc(C(=O)c3ccccc3)cc2)sc2cc(F)ccc21. The molecular weight excluding hydrogens is 427 g/mol. The number of carbonyl (C=O) groups excluding carboxylic acids is 2. The molecule has 0 spiro atoms. The Morgan fingerprint density at radius 2 is 1.66 bits per heavy atom. The number of thiazole rings is 1. The van der Waals surface area contributed by atoms with Crippen molar-refractivity contribution in [2.24, 2.45) is 4.99 Å². The van der Waals surface area contributed by atoms with Gasteiger partial charge in [0.05, 0.1) is 16.8 Å². The van der Waals surface area contributed by atoms with Crippen molar-refractivity contribution in [1.82, 2.24) is 4.57 Å². The van der Waals surface area contributed by atoms with E-state index in [1.54, 1.807) is 42.5 Å². The van der Waals surface area contributed by atoms with Crippen molar-refractivity contribution < 1.29 is 18.7 Å². The molecule has 5 nitrogen and oxygen atoms in total. The summed E-state index contributed by atoms with van der Waals surface area (Å²) in [5.74, 6) is -0.880. The van der Waals surface area contributed by atoms with E-state index in [9.17, 15) is 14.0 Å². The molecule has 0 saturated heterocycles. The molecule has 1 amide bonds. The number of ether oxygens (including phenoxy) is 1. The van der Waals surface area contributed by atoms with Crippen LogP contribution in [0.15, 0.2) is 77.8 Å². The van der Waals surface area contributed by atoms with Crippen LogP contribution in [0.5, 0.6) is 0 Å². The standard InChI is InChI=1S/C25H21FN2O3S/c1-2-31-15-14-28-21-13-12-20(26)16-22(21)32-25(28)27-24(30)19-10-8-18(9-11-19)23(29)17-6-4-3-5-7-17/h3-13,16H,2,14-15H2,1H3. The van der Waals surface area contributed by atoms with Gasteiger partial charge in [0.15, 0.2) is 10.6 Å². The number of ketones is 1. The van der Waals surface area contributed by atoms with Gasteiger partial charge < -0.3 is 9.30 Å². The molecule has 0 unspecified atom stereocenters. The van der Waals surface area contributed by atoms with Crippen LogP contribution in [0, 0.1) is 5.82 Å². The van der Waals surface area contributed by atoms with Crippen molar-refractivity contribution in [3.05, 3.63) is 100 Å². The van der Waals surface area contributed by atoms with E-state index in [0.29, 0.717) is 46.0 Å². The van der Waals surface area contributed by atoms with Crippen molar-refractivity contribution in [2.75, 3.05) is 13.2 Å². The molecule has 0 N–H and O–H groups in total. The average molecular weight is 449 g/mol. The van der Waals surface area contributed by atoms with Gasteiger partial charge in [-0.1, -0.05) is 53.8 Å². The van der Waals surface area contributed by atoms with Crippen LogP contribution in [-0.4, -0.2) is 29.5 Å². The first-order valence-corrected chi connectivity index (χ1v) is 11.0. The summed E-state index contributed by atoms with van der Waals surface area (Å²) < 4.78 is 21.7. The van der Waals surface area contributed by atoms with Gasteiger partial charge in [-0.2, -0.15) is 4.99 Å². The fourth-order valence-corrected chi connectivity index (χ4v) is 4.40. The number of nitrogens with zero attached hydrogens (tertiary/aromatic N) is 2. The molecule has 3 aromatic carbocycles. The molecule has 0 radical (unpaired) electrons. The maximum Gasteiger partial charge on any atom is 0.279 e. The van der Waals surface area contributed by atoms with Crippen LogP contribution in [0.25, 0.3) is 10.2 Å². The minimum absolute atomic E-state index is 0.109. The quantitative estimate of drug-likeness (QED) is 0.300. The smallest absolute Gasteiger partial charge is 0.279 e. The normalized spacial score (nSPS) is 11.8. The van der Waals surface area contributed by atoms with E-state index in [-0.39, 0.29) is 11.6 Å². The molecule has 32 heavy (non-hydrogen) atoms. The topological polar surface area (TPSA) is 60.7 Å². The third-order valence-electron chi connectivity index (χ3n) is 4.94. The predicted molar refractivity (Wildman–Crippen MR) is 122 cm³/mol. The lowest BCUT2D eigenvalue weighted by Crippen LogP contribution is -2.19. The van der Waals surface area contributed by atoms with Crippen LogP contribution in [0.4, 0.5) is 4.39 Å². The van der Waals surface area contributed by atoms with Crippen molar-refractivity contribution in [3.63, 3.8) is 0 Å². The number of benzene rings is 3. The molecule has 4 rings (SSSR count). The molecule has 1 aromatic heterocycles. The summed E-state index contributed by atoms with van der Waals surface area (Å²) in [6, 6.07) is 19.9. The highest BCUT2D eigenvalue weighted by Crippen LogP contribution is 2.19. The van der Waals surface area contributed by atoms with E-state index in [1.165, 1.54) is 23.5 Å². The zero-order chi connectivity index (χ0) is 22.5. The van der Waals surface area contributed by atoms with Gasteiger partial charge in [0.2, 0.25) is 0 Å². The van der Waals surface area contributed by atoms with Crippen LogP contribution in [0.2, 0.25) is 0 Å². The number of rotatable bonds is 7. The van der Waals surface area contributed by atoms with Crippen LogP contribution >= 0.6 is 11.3 Å². The maximum atomic E-state index is 13.7. The molecule has 0 fully saturated rings. The van der Waals surface area contributed by atoms with Gasteiger partial charge in [-0.05, 0) is 37.3 Å². The fourth-order valence-electron chi connectivity index (χ4n) is 3.32. The van der Waals surface area contributed by atoms with Crippen molar-refractivity contribution >= 4 is 33.2 Å². The number of aromatic nitrogens is 1. The first-order chi connectivity index (χ1) is 15.6.